The fourth-order valence-electron chi connectivity index (χ4n) is 1.17. The highest BCUT2D eigenvalue weighted by Gasteiger charge is 2.18. The van der Waals surface area contributed by atoms with Gasteiger partial charge in [-0.2, -0.15) is 9.59 Å². The first kappa shape index (κ1) is 16.3. The smallest absolute Gasteiger partial charge is 0.186 e. The zero-order chi connectivity index (χ0) is 12.3. The second kappa shape index (κ2) is 9.42. The van der Waals surface area contributed by atoms with E-state index in [0.29, 0.717) is 5.41 Å². The van der Waals surface area contributed by atoms with Crippen molar-refractivity contribution in [2.75, 3.05) is 0 Å². The lowest BCUT2D eigenvalue weighted by atomic mass is 9.80. The second-order valence-corrected chi connectivity index (χ2v) is 4.23. The Balaban J connectivity index is 0. The van der Waals surface area contributed by atoms with Crippen LogP contribution >= 0.6 is 0 Å². The van der Waals surface area contributed by atoms with Gasteiger partial charge < -0.3 is 0 Å². The van der Waals surface area contributed by atoms with Crippen LogP contribution in [0.4, 0.5) is 0 Å². The molecular formula is C13H22O2. The van der Waals surface area contributed by atoms with Crippen molar-refractivity contribution in [1.29, 1.82) is 0 Å². The van der Waals surface area contributed by atoms with Gasteiger partial charge >= 0.3 is 6.15 Å². The third-order valence-corrected chi connectivity index (χ3v) is 2.49. The highest BCUT2D eigenvalue weighted by atomic mass is 16.2. The van der Waals surface area contributed by atoms with Crippen molar-refractivity contribution >= 4 is 6.15 Å². The van der Waals surface area contributed by atoms with E-state index in [0.717, 1.165) is 6.42 Å². The predicted octanol–water partition coefficient (Wildman–Crippen LogP) is 3.75. The van der Waals surface area contributed by atoms with Crippen LogP contribution in [0.2, 0.25) is 0 Å². The first-order chi connectivity index (χ1) is 6.95. The van der Waals surface area contributed by atoms with Gasteiger partial charge in [0.1, 0.15) is 0 Å². The lowest BCUT2D eigenvalue weighted by molar-refractivity contribution is -0.191. The van der Waals surface area contributed by atoms with Crippen molar-refractivity contribution in [2.24, 2.45) is 5.41 Å². The van der Waals surface area contributed by atoms with E-state index < -0.39 is 0 Å². The Morgan fingerprint density at radius 3 is 2.07 bits per heavy atom. The molecule has 0 aliphatic heterocycles. The molecular weight excluding hydrogens is 188 g/mol. The van der Waals surface area contributed by atoms with Crippen molar-refractivity contribution in [1.82, 2.24) is 0 Å². The monoisotopic (exact) mass is 210 g/mol. The molecule has 2 heteroatoms. The van der Waals surface area contributed by atoms with E-state index in [-0.39, 0.29) is 6.15 Å². The summed E-state index contributed by atoms with van der Waals surface area (Å²) in [6.45, 7) is 12.7. The molecule has 0 aliphatic carbocycles. The first-order valence-electron chi connectivity index (χ1n) is 5.19. The molecule has 0 aliphatic rings. The number of carbonyl (C=O) groups excluding carboxylic acids is 2. The Morgan fingerprint density at radius 1 is 1.33 bits per heavy atom. The van der Waals surface area contributed by atoms with E-state index in [1.165, 1.54) is 18.4 Å². The third-order valence-electron chi connectivity index (χ3n) is 2.49. The fraction of sp³-hybridized carbons (Fsp3) is 0.615. The quantitative estimate of drug-likeness (QED) is 0.647. The molecule has 0 aromatic rings. The molecule has 1 atom stereocenters. The molecule has 0 saturated heterocycles. The van der Waals surface area contributed by atoms with E-state index in [1.807, 2.05) is 6.08 Å². The number of allylic oxidation sites excluding steroid dienone is 3. The van der Waals surface area contributed by atoms with Crippen molar-refractivity contribution < 1.29 is 9.59 Å². The minimum absolute atomic E-state index is 0.250. The van der Waals surface area contributed by atoms with E-state index in [2.05, 4.69) is 40.3 Å². The van der Waals surface area contributed by atoms with Crippen LogP contribution in [0.15, 0.2) is 24.3 Å². The van der Waals surface area contributed by atoms with E-state index >= 15 is 0 Å². The highest BCUT2D eigenvalue weighted by Crippen LogP contribution is 2.31. The molecule has 86 valence electrons. The molecule has 2 nitrogen and oxygen atoms in total. The van der Waals surface area contributed by atoms with Crippen LogP contribution in [-0.4, -0.2) is 6.15 Å². The topological polar surface area (TPSA) is 34.1 Å². The minimum Gasteiger partial charge on any atom is -0.186 e. The summed E-state index contributed by atoms with van der Waals surface area (Å²) in [5, 5.41) is 0. The van der Waals surface area contributed by atoms with Crippen LogP contribution in [0.3, 0.4) is 0 Å². The Bertz CT molecular complexity index is 231. The first-order valence-corrected chi connectivity index (χ1v) is 5.19. The lowest BCUT2D eigenvalue weighted by Crippen LogP contribution is -2.12. The van der Waals surface area contributed by atoms with Gasteiger partial charge in [-0.05, 0) is 32.1 Å². The normalized spacial score (nSPS) is 12.5. The molecule has 1 unspecified atom stereocenters. The minimum atomic E-state index is 0.250. The zero-order valence-electron chi connectivity index (χ0n) is 10.3. The Morgan fingerprint density at radius 2 is 1.80 bits per heavy atom. The molecule has 0 aromatic heterocycles. The average molecular weight is 210 g/mol. The number of hydrogen-bond acceptors (Lipinski definition) is 2. The van der Waals surface area contributed by atoms with E-state index in [1.54, 1.807) is 0 Å². The van der Waals surface area contributed by atoms with Gasteiger partial charge in [0.15, 0.2) is 0 Å². The summed E-state index contributed by atoms with van der Waals surface area (Å²) in [6, 6.07) is 0. The molecule has 0 radical (unpaired) electrons. The van der Waals surface area contributed by atoms with E-state index in [9.17, 15) is 0 Å². The van der Waals surface area contributed by atoms with Gasteiger partial charge in [0, 0.05) is 0 Å². The standard InChI is InChI=1S/C12H22.CO2/c1-6-9-12(5,7-2)10-8-11(3)4;2-1-3/h6,8H,1,7,9-10H2,2-5H3;. The highest BCUT2D eigenvalue weighted by molar-refractivity contribution is 5.20. The summed E-state index contributed by atoms with van der Waals surface area (Å²) in [7, 11) is 0. The largest absolute Gasteiger partial charge is 0.373 e. The Hall–Kier alpha value is -1.14. The van der Waals surface area contributed by atoms with Crippen molar-refractivity contribution in [3.63, 3.8) is 0 Å². The molecule has 0 bridgehead atoms. The molecule has 0 spiro atoms. The summed E-state index contributed by atoms with van der Waals surface area (Å²) in [5.41, 5.74) is 1.85. The maximum atomic E-state index is 8.12. The number of hydrogen-bond donors (Lipinski definition) is 0. The molecule has 0 fully saturated rings. The van der Waals surface area contributed by atoms with Crippen molar-refractivity contribution in [2.45, 2.75) is 47.0 Å². The van der Waals surface area contributed by atoms with Crippen LogP contribution < -0.4 is 0 Å². The molecule has 0 heterocycles. The summed E-state index contributed by atoms with van der Waals surface area (Å²) in [4.78, 5) is 16.2. The maximum Gasteiger partial charge on any atom is 0.373 e. The zero-order valence-corrected chi connectivity index (χ0v) is 10.3. The molecule has 0 amide bonds. The summed E-state index contributed by atoms with van der Waals surface area (Å²) < 4.78 is 0. The molecule has 0 rings (SSSR count). The van der Waals surface area contributed by atoms with Gasteiger partial charge in [0.05, 0.1) is 0 Å². The van der Waals surface area contributed by atoms with Crippen LogP contribution in [-0.2, 0) is 9.59 Å². The van der Waals surface area contributed by atoms with E-state index in [4.69, 9.17) is 9.59 Å². The van der Waals surface area contributed by atoms with Gasteiger partial charge in [-0.15, -0.1) is 6.58 Å². The molecule has 0 N–H and O–H groups in total. The third kappa shape index (κ3) is 10.8. The number of rotatable bonds is 5. The summed E-state index contributed by atoms with van der Waals surface area (Å²) in [5.74, 6) is 0. The maximum absolute atomic E-state index is 8.12. The summed E-state index contributed by atoms with van der Waals surface area (Å²) >= 11 is 0. The van der Waals surface area contributed by atoms with Gasteiger partial charge in [-0.25, -0.2) is 0 Å². The second-order valence-electron chi connectivity index (χ2n) is 4.23. The SMILES string of the molecule is C=CCC(C)(CC)CC=C(C)C.O=C=O. The average Bonchev–Trinajstić information content (AvgIpc) is 2.17. The van der Waals surface area contributed by atoms with Gasteiger partial charge in [-0.1, -0.05) is 38.0 Å². The van der Waals surface area contributed by atoms with Crippen LogP contribution in [0.25, 0.3) is 0 Å². The van der Waals surface area contributed by atoms with Gasteiger partial charge in [-0.3, -0.25) is 0 Å². The predicted molar refractivity (Wildman–Crippen MR) is 62.3 cm³/mol. The summed E-state index contributed by atoms with van der Waals surface area (Å²) in [6.07, 6.45) is 8.13. The van der Waals surface area contributed by atoms with Crippen LogP contribution in [0.1, 0.15) is 47.0 Å². The fourth-order valence-corrected chi connectivity index (χ4v) is 1.17. The molecule has 0 aromatic carbocycles. The molecule has 0 saturated carbocycles. The van der Waals surface area contributed by atoms with Crippen molar-refractivity contribution in [3.8, 4) is 0 Å². The van der Waals surface area contributed by atoms with Crippen LogP contribution in [0.5, 0.6) is 0 Å². The van der Waals surface area contributed by atoms with Crippen molar-refractivity contribution in [3.05, 3.63) is 24.3 Å². The lowest BCUT2D eigenvalue weighted by Gasteiger charge is -2.25. The molecule has 15 heavy (non-hydrogen) atoms. The Kier molecular flexibility index (Phi) is 10.2. The van der Waals surface area contributed by atoms with Gasteiger partial charge in [0.2, 0.25) is 0 Å². The van der Waals surface area contributed by atoms with Gasteiger partial charge in [0.25, 0.3) is 0 Å². The van der Waals surface area contributed by atoms with Crippen LogP contribution in [0, 0.1) is 5.41 Å². The Labute approximate surface area is 93.1 Å².